The molecule has 1 aromatic rings. The first-order valence-electron chi connectivity index (χ1n) is 7.09. The number of carbonyl (C=O) groups is 2. The summed E-state index contributed by atoms with van der Waals surface area (Å²) in [6.45, 7) is 9.06. The Kier molecular flexibility index (Phi) is 4.61. The molecule has 0 saturated carbocycles. The van der Waals surface area contributed by atoms with Crippen molar-refractivity contribution in [3.05, 3.63) is 34.4 Å². The van der Waals surface area contributed by atoms with E-state index in [1.54, 1.807) is 24.8 Å². The van der Waals surface area contributed by atoms with Crippen LogP contribution in [-0.2, 0) is 0 Å². The molecule has 0 spiro atoms. The fourth-order valence-electron chi connectivity index (χ4n) is 2.86. The van der Waals surface area contributed by atoms with E-state index in [4.69, 9.17) is 0 Å². The summed E-state index contributed by atoms with van der Waals surface area (Å²) >= 11 is 1.87. The summed E-state index contributed by atoms with van der Waals surface area (Å²) in [4.78, 5) is 26.2. The molecule has 1 N–H and O–H groups in total. The molecule has 1 aliphatic heterocycles. The van der Waals surface area contributed by atoms with Crippen molar-refractivity contribution in [2.75, 3.05) is 13.1 Å². The van der Waals surface area contributed by atoms with Gasteiger partial charge in [0, 0.05) is 23.6 Å². The highest BCUT2D eigenvalue weighted by Crippen LogP contribution is 2.28. The van der Waals surface area contributed by atoms with E-state index in [0.29, 0.717) is 34.7 Å². The fraction of sp³-hybridized carbons (Fsp3) is 0.500. The molecule has 5 heteroatoms. The molecule has 1 aromatic carbocycles. The van der Waals surface area contributed by atoms with Crippen LogP contribution in [0.5, 0.6) is 0 Å². The highest BCUT2D eigenvalue weighted by Gasteiger charge is 2.30. The smallest absolute Gasteiger partial charge is 0.336 e. The van der Waals surface area contributed by atoms with Crippen LogP contribution in [0.1, 0.15) is 45.7 Å². The quantitative estimate of drug-likeness (QED) is 0.912. The molecule has 1 fully saturated rings. The molecule has 2 rings (SSSR count). The van der Waals surface area contributed by atoms with Crippen LogP contribution in [0.4, 0.5) is 0 Å². The van der Waals surface area contributed by atoms with Gasteiger partial charge in [-0.2, -0.15) is 11.8 Å². The topological polar surface area (TPSA) is 57.6 Å². The van der Waals surface area contributed by atoms with Crippen molar-refractivity contribution in [3.8, 4) is 0 Å². The molecule has 1 amide bonds. The van der Waals surface area contributed by atoms with Gasteiger partial charge in [0.15, 0.2) is 0 Å². The zero-order valence-corrected chi connectivity index (χ0v) is 13.7. The van der Waals surface area contributed by atoms with Gasteiger partial charge in [0.05, 0.1) is 11.1 Å². The van der Waals surface area contributed by atoms with Crippen molar-refractivity contribution in [1.29, 1.82) is 0 Å². The monoisotopic (exact) mass is 307 g/mol. The molecule has 1 heterocycles. The summed E-state index contributed by atoms with van der Waals surface area (Å²) in [7, 11) is 0. The van der Waals surface area contributed by atoms with Crippen molar-refractivity contribution in [2.24, 2.45) is 0 Å². The lowest BCUT2D eigenvalue weighted by Gasteiger charge is -2.35. The van der Waals surface area contributed by atoms with Gasteiger partial charge in [-0.1, -0.05) is 26.0 Å². The van der Waals surface area contributed by atoms with Crippen LogP contribution < -0.4 is 0 Å². The number of nitrogens with zero attached hydrogens (tertiary/aromatic N) is 1. The molecule has 0 bridgehead atoms. The van der Waals surface area contributed by atoms with Gasteiger partial charge in [-0.25, -0.2) is 4.79 Å². The Morgan fingerprint density at radius 2 is 1.57 bits per heavy atom. The van der Waals surface area contributed by atoms with E-state index in [9.17, 15) is 14.7 Å². The molecule has 0 radical (unpaired) electrons. The number of aryl methyl sites for hydroxylation is 2. The number of rotatable bonds is 2. The Hall–Kier alpha value is -1.49. The zero-order chi connectivity index (χ0) is 15.7. The first-order chi connectivity index (χ1) is 9.81. The van der Waals surface area contributed by atoms with Crippen molar-refractivity contribution in [3.63, 3.8) is 0 Å². The molecular formula is C16H21NO3S. The predicted octanol–water partition coefficient (Wildman–Crippen LogP) is 2.97. The van der Waals surface area contributed by atoms with Crippen molar-refractivity contribution in [1.82, 2.24) is 4.90 Å². The minimum Gasteiger partial charge on any atom is -0.478 e. The minimum absolute atomic E-state index is 0.138. The number of carboxylic acid groups (broad SMARTS) is 1. The number of aromatic carboxylic acids is 1. The van der Waals surface area contributed by atoms with E-state index < -0.39 is 5.97 Å². The van der Waals surface area contributed by atoms with Crippen LogP contribution in [0, 0.1) is 13.8 Å². The maximum absolute atomic E-state index is 12.8. The lowest BCUT2D eigenvalue weighted by atomic mass is 9.96. The van der Waals surface area contributed by atoms with Gasteiger partial charge in [0.2, 0.25) is 0 Å². The number of carbonyl (C=O) groups excluding carboxylic acids is 1. The maximum atomic E-state index is 12.8. The van der Waals surface area contributed by atoms with Crippen LogP contribution in [0.2, 0.25) is 0 Å². The highest BCUT2D eigenvalue weighted by atomic mass is 32.2. The molecule has 1 aliphatic rings. The summed E-state index contributed by atoms with van der Waals surface area (Å²) in [6.07, 6.45) is 0. The third kappa shape index (κ3) is 3.23. The van der Waals surface area contributed by atoms with Crippen LogP contribution in [-0.4, -0.2) is 45.5 Å². The number of carboxylic acids is 1. The second-order valence-corrected chi connectivity index (χ2v) is 7.60. The van der Waals surface area contributed by atoms with Crippen molar-refractivity contribution < 1.29 is 14.7 Å². The normalized spacial score (nSPS) is 22.2. The van der Waals surface area contributed by atoms with Crippen LogP contribution in [0.15, 0.2) is 12.1 Å². The molecule has 0 aromatic heterocycles. The SMILES string of the molecule is Cc1ccc(C)c(C(=O)N2CC(C)SC(C)C2)c1C(=O)O. The second kappa shape index (κ2) is 6.10. The average molecular weight is 307 g/mol. The zero-order valence-electron chi connectivity index (χ0n) is 12.8. The van der Waals surface area contributed by atoms with E-state index in [1.165, 1.54) is 0 Å². The fourth-order valence-corrected chi connectivity index (χ4v) is 4.19. The van der Waals surface area contributed by atoms with Crippen LogP contribution in [0.25, 0.3) is 0 Å². The number of benzene rings is 1. The third-order valence-corrected chi connectivity index (χ3v) is 4.98. The molecule has 2 atom stereocenters. The number of thioether (sulfide) groups is 1. The Bertz CT molecular complexity index is 575. The number of hydrogen-bond acceptors (Lipinski definition) is 3. The van der Waals surface area contributed by atoms with Gasteiger partial charge in [0.25, 0.3) is 5.91 Å². The average Bonchev–Trinajstić information content (AvgIpc) is 2.38. The van der Waals surface area contributed by atoms with Gasteiger partial charge < -0.3 is 10.0 Å². The maximum Gasteiger partial charge on any atom is 0.336 e. The van der Waals surface area contributed by atoms with Gasteiger partial charge in [-0.15, -0.1) is 0 Å². The van der Waals surface area contributed by atoms with Crippen LogP contribution >= 0.6 is 11.8 Å². The van der Waals surface area contributed by atoms with E-state index in [2.05, 4.69) is 13.8 Å². The lowest BCUT2D eigenvalue weighted by molar-refractivity contribution is 0.0673. The molecule has 1 saturated heterocycles. The Morgan fingerprint density at radius 3 is 2.05 bits per heavy atom. The largest absolute Gasteiger partial charge is 0.478 e. The minimum atomic E-state index is -1.04. The molecular weight excluding hydrogens is 286 g/mol. The number of hydrogen-bond donors (Lipinski definition) is 1. The van der Waals surface area contributed by atoms with Gasteiger partial charge in [-0.05, 0) is 25.0 Å². The first kappa shape index (κ1) is 15.9. The Morgan fingerprint density at radius 1 is 1.10 bits per heavy atom. The third-order valence-electron chi connectivity index (χ3n) is 3.76. The Balaban J connectivity index is 2.43. The summed E-state index contributed by atoms with van der Waals surface area (Å²) in [6, 6.07) is 3.58. The standard InChI is InChI=1S/C16H21NO3S/c1-9-5-6-10(2)14(16(19)20)13(9)15(18)17-7-11(3)21-12(4)8-17/h5-6,11-12H,7-8H2,1-4H3,(H,19,20). The van der Waals surface area contributed by atoms with Gasteiger partial charge in [-0.3, -0.25) is 4.79 Å². The van der Waals surface area contributed by atoms with Gasteiger partial charge in [0.1, 0.15) is 0 Å². The van der Waals surface area contributed by atoms with E-state index in [0.717, 1.165) is 5.56 Å². The molecule has 4 nitrogen and oxygen atoms in total. The second-order valence-electron chi connectivity index (χ2n) is 5.72. The van der Waals surface area contributed by atoms with E-state index in [1.807, 2.05) is 17.8 Å². The van der Waals surface area contributed by atoms with Crippen LogP contribution in [0.3, 0.4) is 0 Å². The summed E-state index contributed by atoms with van der Waals surface area (Å²) in [5, 5.41) is 10.2. The summed E-state index contributed by atoms with van der Waals surface area (Å²) in [5.74, 6) is -1.19. The number of amides is 1. The van der Waals surface area contributed by atoms with E-state index >= 15 is 0 Å². The molecule has 2 unspecified atom stereocenters. The van der Waals surface area contributed by atoms with Gasteiger partial charge >= 0.3 is 5.97 Å². The summed E-state index contributed by atoms with van der Waals surface area (Å²) in [5.41, 5.74) is 1.83. The molecule has 0 aliphatic carbocycles. The lowest BCUT2D eigenvalue weighted by Crippen LogP contribution is -2.44. The first-order valence-corrected chi connectivity index (χ1v) is 8.03. The predicted molar refractivity (Wildman–Crippen MR) is 85.3 cm³/mol. The highest BCUT2D eigenvalue weighted by molar-refractivity contribution is 8.00. The Labute approximate surface area is 129 Å². The van der Waals surface area contributed by atoms with Crippen molar-refractivity contribution in [2.45, 2.75) is 38.2 Å². The molecule has 114 valence electrons. The molecule has 21 heavy (non-hydrogen) atoms. The summed E-state index contributed by atoms with van der Waals surface area (Å²) < 4.78 is 0. The van der Waals surface area contributed by atoms with Crippen molar-refractivity contribution >= 4 is 23.6 Å². The van der Waals surface area contributed by atoms with E-state index in [-0.39, 0.29) is 11.5 Å².